The van der Waals surface area contributed by atoms with E-state index in [0.717, 1.165) is 24.8 Å². The van der Waals surface area contributed by atoms with Crippen LogP contribution in [0.4, 0.5) is 0 Å². The third kappa shape index (κ3) is 2.95. The van der Waals surface area contributed by atoms with E-state index in [-0.39, 0.29) is 19.8 Å². The normalized spacial score (nSPS) is 15.3. The lowest BCUT2D eigenvalue weighted by Gasteiger charge is -2.27. The summed E-state index contributed by atoms with van der Waals surface area (Å²) in [6, 6.07) is 10.5. The van der Waals surface area contributed by atoms with Crippen LogP contribution in [0, 0.1) is 6.07 Å². The highest BCUT2D eigenvalue weighted by Crippen LogP contribution is 2.43. The molecule has 1 saturated carbocycles. The first-order chi connectivity index (χ1) is 10.9. The van der Waals surface area contributed by atoms with Crippen LogP contribution < -0.4 is 4.74 Å². The number of benzene rings is 2. The Balaban J connectivity index is 2.14. The Morgan fingerprint density at radius 3 is 2.52 bits per heavy atom. The largest absolute Gasteiger partial charge is 0.496 e. The molecule has 2 aromatic carbocycles. The Morgan fingerprint density at radius 1 is 1.22 bits per heavy atom. The van der Waals surface area contributed by atoms with Crippen molar-refractivity contribution in [2.45, 2.75) is 35.0 Å². The van der Waals surface area contributed by atoms with Crippen molar-refractivity contribution in [2.75, 3.05) is 7.11 Å². The molecule has 23 heavy (non-hydrogen) atoms. The van der Waals surface area contributed by atoms with Gasteiger partial charge in [-0.2, -0.15) is 0 Å². The van der Waals surface area contributed by atoms with Gasteiger partial charge in [-0.1, -0.05) is 35.7 Å². The van der Waals surface area contributed by atoms with Crippen LogP contribution in [-0.4, -0.2) is 15.5 Å². The van der Waals surface area contributed by atoms with Crippen molar-refractivity contribution < 1.29 is 13.2 Å². The molecule has 1 aliphatic carbocycles. The van der Waals surface area contributed by atoms with Crippen LogP contribution in [0.1, 0.15) is 30.7 Å². The number of rotatable bonds is 4. The molecule has 0 bridgehead atoms. The Bertz CT molecular complexity index is 823. The zero-order valence-electron chi connectivity index (χ0n) is 12.5. The molecule has 1 radical (unpaired) electrons. The minimum absolute atomic E-state index is 0.00138. The van der Waals surface area contributed by atoms with Crippen molar-refractivity contribution >= 4 is 33.0 Å². The second-order valence-corrected chi connectivity index (χ2v) is 8.18. The van der Waals surface area contributed by atoms with Gasteiger partial charge in [0.25, 0.3) is 0 Å². The van der Waals surface area contributed by atoms with Gasteiger partial charge in [0.1, 0.15) is 10.6 Å². The summed E-state index contributed by atoms with van der Waals surface area (Å²) in [6.07, 6.45) is 3.23. The van der Waals surface area contributed by atoms with Gasteiger partial charge in [0.15, 0.2) is 0 Å². The molecule has 0 aromatic heterocycles. The summed E-state index contributed by atoms with van der Waals surface area (Å²) in [5, 5.41) is 0.0910. The molecule has 6 heteroatoms. The Hall–Kier alpha value is -1.23. The highest BCUT2D eigenvalue weighted by Gasteiger charge is 2.28. The first-order valence-corrected chi connectivity index (χ1v) is 9.47. The van der Waals surface area contributed by atoms with Crippen LogP contribution in [0.5, 0.6) is 5.75 Å². The van der Waals surface area contributed by atoms with Crippen molar-refractivity contribution in [3.05, 3.63) is 52.0 Å². The quantitative estimate of drug-likeness (QED) is 0.769. The summed E-state index contributed by atoms with van der Waals surface area (Å²) in [7, 11) is -2.23. The van der Waals surface area contributed by atoms with E-state index in [1.54, 1.807) is 19.2 Å². The molecule has 0 aliphatic heterocycles. The van der Waals surface area contributed by atoms with Gasteiger partial charge in [0.2, 0.25) is 9.84 Å². The molecule has 1 fully saturated rings. The lowest BCUT2D eigenvalue weighted by molar-refractivity contribution is 0.372. The lowest BCUT2D eigenvalue weighted by Crippen LogP contribution is -2.12. The monoisotopic (exact) mass is 369 g/mol. The maximum absolute atomic E-state index is 12.9. The highest BCUT2D eigenvalue weighted by atomic mass is 35.5. The average Bonchev–Trinajstić information content (AvgIpc) is 2.45. The molecule has 0 atom stereocenters. The fourth-order valence-corrected chi connectivity index (χ4v) is 5.08. The fourth-order valence-electron chi connectivity index (χ4n) is 2.72. The maximum Gasteiger partial charge on any atom is 0.209 e. The molecule has 0 N–H and O–H groups in total. The molecule has 0 heterocycles. The van der Waals surface area contributed by atoms with E-state index in [1.165, 1.54) is 18.2 Å². The molecule has 0 saturated heterocycles. The van der Waals surface area contributed by atoms with Gasteiger partial charge in [-0.3, -0.25) is 0 Å². The van der Waals surface area contributed by atoms with E-state index >= 15 is 0 Å². The summed E-state index contributed by atoms with van der Waals surface area (Å²) in [5.41, 5.74) is 0.923. The van der Waals surface area contributed by atoms with E-state index in [2.05, 4.69) is 6.07 Å². The number of halogens is 2. The third-order valence-electron chi connectivity index (χ3n) is 4.18. The summed E-state index contributed by atoms with van der Waals surface area (Å²) < 4.78 is 31.2. The van der Waals surface area contributed by atoms with Crippen LogP contribution in [0.2, 0.25) is 10.0 Å². The van der Waals surface area contributed by atoms with Crippen molar-refractivity contribution in [3.63, 3.8) is 0 Å². The first kappa shape index (κ1) is 16.6. The molecule has 0 unspecified atom stereocenters. The van der Waals surface area contributed by atoms with Crippen LogP contribution in [0.15, 0.2) is 40.1 Å². The summed E-state index contributed by atoms with van der Waals surface area (Å²) in [4.78, 5) is 0.0664. The number of sulfone groups is 1. The molecule has 1 aliphatic rings. The van der Waals surface area contributed by atoms with Gasteiger partial charge >= 0.3 is 0 Å². The van der Waals surface area contributed by atoms with Crippen LogP contribution >= 0.6 is 23.2 Å². The van der Waals surface area contributed by atoms with Gasteiger partial charge in [-0.25, -0.2) is 8.42 Å². The minimum atomic E-state index is -3.82. The van der Waals surface area contributed by atoms with E-state index in [4.69, 9.17) is 27.9 Å². The topological polar surface area (TPSA) is 43.4 Å². The van der Waals surface area contributed by atoms with Crippen molar-refractivity contribution in [3.8, 4) is 5.75 Å². The van der Waals surface area contributed by atoms with E-state index in [9.17, 15) is 8.42 Å². The molecule has 0 spiro atoms. The van der Waals surface area contributed by atoms with Gasteiger partial charge in [0.05, 0.1) is 22.1 Å². The molecule has 0 amide bonds. The van der Waals surface area contributed by atoms with Crippen LogP contribution in [-0.2, 0) is 9.84 Å². The van der Waals surface area contributed by atoms with Crippen LogP contribution in [0.3, 0.4) is 0 Å². The fraction of sp³-hybridized carbons (Fsp3) is 0.294. The second-order valence-electron chi connectivity index (χ2n) is 5.50. The van der Waals surface area contributed by atoms with Gasteiger partial charge in [-0.15, -0.1) is 0 Å². The Kier molecular flexibility index (Phi) is 4.59. The van der Waals surface area contributed by atoms with E-state index < -0.39 is 9.84 Å². The SMILES string of the molecule is COc1ccc(S(=O)(=O)c2c(Cl)[c]ccc2Cl)cc1C1CCC1. The molecule has 121 valence electrons. The van der Waals surface area contributed by atoms with Gasteiger partial charge < -0.3 is 4.74 Å². The molecular weight excluding hydrogens is 355 g/mol. The summed E-state index contributed by atoms with van der Waals surface area (Å²) in [5.74, 6) is 1.05. The second kappa shape index (κ2) is 6.34. The van der Waals surface area contributed by atoms with Gasteiger partial charge in [0, 0.05) is 6.07 Å². The Morgan fingerprint density at radius 2 is 1.96 bits per heavy atom. The maximum atomic E-state index is 12.9. The predicted molar refractivity (Wildman–Crippen MR) is 90.3 cm³/mol. The minimum Gasteiger partial charge on any atom is -0.496 e. The molecular formula is C17H15Cl2O3S. The lowest BCUT2D eigenvalue weighted by atomic mass is 9.80. The van der Waals surface area contributed by atoms with E-state index in [0.29, 0.717) is 11.7 Å². The van der Waals surface area contributed by atoms with Gasteiger partial charge in [-0.05, 0) is 48.6 Å². The zero-order chi connectivity index (χ0) is 16.6. The highest BCUT2D eigenvalue weighted by molar-refractivity contribution is 7.91. The Labute approximate surface area is 146 Å². The first-order valence-electron chi connectivity index (χ1n) is 7.24. The van der Waals surface area contributed by atoms with Crippen molar-refractivity contribution in [1.29, 1.82) is 0 Å². The summed E-state index contributed by atoms with van der Waals surface area (Å²) >= 11 is 12.1. The van der Waals surface area contributed by atoms with Crippen molar-refractivity contribution in [2.24, 2.45) is 0 Å². The smallest absolute Gasteiger partial charge is 0.209 e. The number of methoxy groups -OCH3 is 1. The summed E-state index contributed by atoms with van der Waals surface area (Å²) in [6.45, 7) is 0. The van der Waals surface area contributed by atoms with E-state index in [1.807, 2.05) is 0 Å². The average molecular weight is 370 g/mol. The van der Waals surface area contributed by atoms with Crippen LogP contribution in [0.25, 0.3) is 0 Å². The standard InChI is InChI=1S/C17H15Cl2O3S/c1-22-16-9-8-12(10-13(16)11-4-2-5-11)23(20,21)17-14(18)6-3-7-15(17)19/h3,6,8-11H,2,4-5H2,1H3. The third-order valence-corrected chi connectivity index (χ3v) is 6.85. The van der Waals surface area contributed by atoms with Crippen molar-refractivity contribution in [1.82, 2.24) is 0 Å². The number of hydrogen-bond acceptors (Lipinski definition) is 3. The molecule has 2 aromatic rings. The zero-order valence-corrected chi connectivity index (χ0v) is 14.8. The number of hydrogen-bond donors (Lipinski definition) is 0. The predicted octanol–water partition coefficient (Wildman–Crippen LogP) is 4.90. The molecule has 3 rings (SSSR count). The number of ether oxygens (including phenoxy) is 1. The molecule has 3 nitrogen and oxygen atoms in total.